The lowest BCUT2D eigenvalue weighted by Gasteiger charge is -2.41. The molecule has 4 nitrogen and oxygen atoms in total. The van der Waals surface area contributed by atoms with E-state index in [4.69, 9.17) is 25.8 Å². The van der Waals surface area contributed by atoms with Crippen LogP contribution in [-0.4, -0.2) is 43.9 Å². The first-order valence-corrected chi connectivity index (χ1v) is 8.56. The summed E-state index contributed by atoms with van der Waals surface area (Å²) in [4.78, 5) is 2.47. The maximum absolute atomic E-state index is 6.24. The van der Waals surface area contributed by atoms with E-state index in [1.165, 1.54) is 0 Å². The summed E-state index contributed by atoms with van der Waals surface area (Å²) in [5.41, 5.74) is 0.995. The average Bonchev–Trinajstić information content (AvgIpc) is 2.50. The number of halogens is 1. The average molecular weight is 342 g/mol. The van der Waals surface area contributed by atoms with E-state index in [0.29, 0.717) is 16.8 Å². The molecule has 0 spiro atoms. The van der Waals surface area contributed by atoms with Gasteiger partial charge in [0.05, 0.1) is 19.8 Å². The van der Waals surface area contributed by atoms with Crippen LogP contribution in [0.1, 0.15) is 39.2 Å². The number of benzene rings is 1. The molecule has 0 unspecified atom stereocenters. The van der Waals surface area contributed by atoms with Crippen molar-refractivity contribution in [3.05, 3.63) is 22.7 Å². The summed E-state index contributed by atoms with van der Waals surface area (Å²) >= 11 is 6.24. The van der Waals surface area contributed by atoms with Gasteiger partial charge in [-0.3, -0.25) is 4.90 Å². The predicted octanol–water partition coefficient (Wildman–Crippen LogP) is 4.14. The van der Waals surface area contributed by atoms with Gasteiger partial charge >= 0.3 is 0 Å². The van der Waals surface area contributed by atoms with Crippen LogP contribution in [0.25, 0.3) is 0 Å². The quantitative estimate of drug-likeness (QED) is 0.778. The third-order valence-electron chi connectivity index (χ3n) is 4.49. The number of methoxy groups -OCH3 is 2. The van der Waals surface area contributed by atoms with Crippen molar-refractivity contribution in [3.63, 3.8) is 0 Å². The van der Waals surface area contributed by atoms with Crippen molar-refractivity contribution in [2.24, 2.45) is 0 Å². The topological polar surface area (TPSA) is 30.9 Å². The molecule has 2 rings (SSSR count). The van der Waals surface area contributed by atoms with E-state index in [-0.39, 0.29) is 5.60 Å². The normalized spacial score (nSPS) is 20.6. The van der Waals surface area contributed by atoms with Crippen molar-refractivity contribution in [1.29, 1.82) is 0 Å². The van der Waals surface area contributed by atoms with E-state index in [9.17, 15) is 0 Å². The Labute approximate surface area is 144 Å². The van der Waals surface area contributed by atoms with Crippen molar-refractivity contribution >= 4 is 11.6 Å². The van der Waals surface area contributed by atoms with Crippen LogP contribution >= 0.6 is 11.6 Å². The molecule has 0 radical (unpaired) electrons. The molecule has 1 aromatic carbocycles. The van der Waals surface area contributed by atoms with Crippen molar-refractivity contribution in [3.8, 4) is 11.5 Å². The highest BCUT2D eigenvalue weighted by atomic mass is 35.5. The van der Waals surface area contributed by atoms with Crippen LogP contribution in [0.4, 0.5) is 0 Å². The highest BCUT2D eigenvalue weighted by Crippen LogP contribution is 2.36. The van der Waals surface area contributed by atoms with E-state index in [1.54, 1.807) is 20.3 Å². The molecular weight excluding hydrogens is 314 g/mol. The standard InChI is InChI=1S/C18H28ClNO3/c1-6-20(15-7-8-23-18(2,3)11-15)12-13-9-14(19)10-16(21-4)17(13)22-5/h9-10,15H,6-8,11-12H2,1-5H3/t15-/m0/s1. The van der Waals surface area contributed by atoms with E-state index in [2.05, 4.69) is 25.7 Å². The summed E-state index contributed by atoms with van der Waals surface area (Å²) in [6, 6.07) is 4.26. The van der Waals surface area contributed by atoms with Crippen LogP contribution in [0.15, 0.2) is 12.1 Å². The van der Waals surface area contributed by atoms with Crippen LogP contribution in [-0.2, 0) is 11.3 Å². The van der Waals surface area contributed by atoms with E-state index in [1.807, 2.05) is 6.07 Å². The van der Waals surface area contributed by atoms with Crippen molar-refractivity contribution < 1.29 is 14.2 Å². The van der Waals surface area contributed by atoms with Gasteiger partial charge < -0.3 is 14.2 Å². The summed E-state index contributed by atoms with van der Waals surface area (Å²) < 4.78 is 16.8. The molecule has 1 saturated heterocycles. The molecule has 130 valence electrons. The third kappa shape index (κ3) is 4.52. The molecule has 23 heavy (non-hydrogen) atoms. The van der Waals surface area contributed by atoms with Crippen LogP contribution in [0.3, 0.4) is 0 Å². The van der Waals surface area contributed by atoms with Gasteiger partial charge in [0.2, 0.25) is 0 Å². The molecule has 0 N–H and O–H groups in total. The van der Waals surface area contributed by atoms with Gasteiger partial charge in [0.15, 0.2) is 11.5 Å². The zero-order valence-electron chi connectivity index (χ0n) is 14.8. The van der Waals surface area contributed by atoms with Gasteiger partial charge in [-0.25, -0.2) is 0 Å². The van der Waals surface area contributed by atoms with E-state index >= 15 is 0 Å². The Balaban J connectivity index is 2.23. The molecule has 0 aliphatic carbocycles. The van der Waals surface area contributed by atoms with Crippen molar-refractivity contribution in [1.82, 2.24) is 4.90 Å². The Morgan fingerprint density at radius 1 is 1.30 bits per heavy atom. The Morgan fingerprint density at radius 3 is 2.61 bits per heavy atom. The molecule has 0 saturated carbocycles. The fourth-order valence-electron chi connectivity index (χ4n) is 3.35. The van der Waals surface area contributed by atoms with Crippen molar-refractivity contribution in [2.75, 3.05) is 27.4 Å². The van der Waals surface area contributed by atoms with E-state index < -0.39 is 0 Å². The second-order valence-corrected chi connectivity index (χ2v) is 7.05. The van der Waals surface area contributed by atoms with Gasteiger partial charge in [-0.05, 0) is 39.3 Å². The molecular formula is C18H28ClNO3. The van der Waals surface area contributed by atoms with Crippen LogP contribution in [0.2, 0.25) is 5.02 Å². The first-order valence-electron chi connectivity index (χ1n) is 8.18. The first kappa shape index (κ1) is 18.4. The van der Waals surface area contributed by atoms with Gasteiger partial charge in [-0.2, -0.15) is 0 Å². The van der Waals surface area contributed by atoms with Gasteiger partial charge in [-0.1, -0.05) is 18.5 Å². The van der Waals surface area contributed by atoms with Gasteiger partial charge in [0, 0.05) is 35.8 Å². The number of ether oxygens (including phenoxy) is 3. The van der Waals surface area contributed by atoms with Gasteiger partial charge in [0.25, 0.3) is 0 Å². The minimum absolute atomic E-state index is 0.0630. The number of hydrogen-bond donors (Lipinski definition) is 0. The maximum Gasteiger partial charge on any atom is 0.165 e. The van der Waals surface area contributed by atoms with Crippen molar-refractivity contribution in [2.45, 2.75) is 51.8 Å². The molecule has 0 aromatic heterocycles. The summed E-state index contributed by atoms with van der Waals surface area (Å²) in [6.45, 7) is 9.09. The molecule has 1 fully saturated rings. The minimum Gasteiger partial charge on any atom is -0.493 e. The first-order chi connectivity index (χ1) is 10.9. The fraction of sp³-hybridized carbons (Fsp3) is 0.667. The van der Waals surface area contributed by atoms with Crippen LogP contribution in [0, 0.1) is 0 Å². The van der Waals surface area contributed by atoms with Crippen LogP contribution in [0.5, 0.6) is 11.5 Å². The second-order valence-electron chi connectivity index (χ2n) is 6.62. The largest absolute Gasteiger partial charge is 0.493 e. The Bertz CT molecular complexity index is 533. The molecule has 0 bridgehead atoms. The Kier molecular flexibility index (Phi) is 6.18. The highest BCUT2D eigenvalue weighted by Gasteiger charge is 2.32. The number of hydrogen-bond acceptors (Lipinski definition) is 4. The summed E-state index contributed by atoms with van der Waals surface area (Å²) in [6.07, 6.45) is 2.08. The lowest BCUT2D eigenvalue weighted by molar-refractivity contribution is -0.0839. The predicted molar refractivity (Wildman–Crippen MR) is 93.7 cm³/mol. The number of nitrogens with zero attached hydrogens (tertiary/aromatic N) is 1. The SMILES string of the molecule is CCN(Cc1cc(Cl)cc(OC)c1OC)[C@H]1CCOC(C)(C)C1. The maximum atomic E-state index is 6.24. The summed E-state index contributed by atoms with van der Waals surface area (Å²) in [5, 5.41) is 0.668. The summed E-state index contributed by atoms with van der Waals surface area (Å²) in [5.74, 6) is 1.44. The zero-order valence-corrected chi connectivity index (χ0v) is 15.6. The van der Waals surface area contributed by atoms with E-state index in [0.717, 1.165) is 43.9 Å². The fourth-order valence-corrected chi connectivity index (χ4v) is 3.58. The molecule has 0 amide bonds. The Morgan fingerprint density at radius 2 is 2.04 bits per heavy atom. The lowest BCUT2D eigenvalue weighted by Crippen LogP contribution is -2.45. The third-order valence-corrected chi connectivity index (χ3v) is 4.71. The minimum atomic E-state index is -0.0630. The molecule has 1 atom stereocenters. The highest BCUT2D eigenvalue weighted by molar-refractivity contribution is 6.30. The molecule has 1 heterocycles. The molecule has 1 aliphatic heterocycles. The molecule has 1 aliphatic rings. The Hall–Kier alpha value is -0.970. The van der Waals surface area contributed by atoms with Gasteiger partial charge in [-0.15, -0.1) is 0 Å². The summed E-state index contributed by atoms with van der Waals surface area (Å²) in [7, 11) is 3.31. The number of rotatable bonds is 6. The van der Waals surface area contributed by atoms with Gasteiger partial charge in [0.1, 0.15) is 0 Å². The zero-order chi connectivity index (χ0) is 17.0. The lowest BCUT2D eigenvalue weighted by atomic mass is 9.92. The monoisotopic (exact) mass is 341 g/mol. The second kappa shape index (κ2) is 7.73. The molecule has 1 aromatic rings. The molecule has 5 heteroatoms. The van der Waals surface area contributed by atoms with Crippen LogP contribution < -0.4 is 9.47 Å². The smallest absolute Gasteiger partial charge is 0.165 e.